The van der Waals surface area contributed by atoms with Crippen LogP contribution in [0.2, 0.25) is 10.0 Å². The van der Waals surface area contributed by atoms with Gasteiger partial charge in [-0.3, -0.25) is 0 Å². The molecule has 0 aromatic heterocycles. The third-order valence-corrected chi connectivity index (χ3v) is 3.91. The highest BCUT2D eigenvalue weighted by Crippen LogP contribution is 2.41. The number of hydrogen-bond acceptors (Lipinski definition) is 1. The van der Waals surface area contributed by atoms with E-state index in [9.17, 15) is 4.39 Å². The van der Waals surface area contributed by atoms with Gasteiger partial charge in [0, 0.05) is 12.5 Å². The number of nitrogens with two attached hydrogens (primary N) is 1. The normalized spacial score (nSPS) is 30.4. The summed E-state index contributed by atoms with van der Waals surface area (Å²) in [6.45, 7) is 0. The first-order chi connectivity index (χ1) is 7.51. The van der Waals surface area contributed by atoms with E-state index in [0.717, 1.165) is 12.8 Å². The first-order valence-corrected chi connectivity index (χ1v) is 6.17. The third kappa shape index (κ3) is 2.34. The van der Waals surface area contributed by atoms with Gasteiger partial charge in [-0.25, -0.2) is 4.39 Å². The van der Waals surface area contributed by atoms with E-state index in [1.54, 1.807) is 18.2 Å². The van der Waals surface area contributed by atoms with Crippen molar-refractivity contribution in [2.75, 3.05) is 0 Å². The molecular weight excluding hydrogens is 248 g/mol. The van der Waals surface area contributed by atoms with Gasteiger partial charge in [-0.1, -0.05) is 29.3 Å². The summed E-state index contributed by atoms with van der Waals surface area (Å²) in [4.78, 5) is 0. The number of benzene rings is 1. The van der Waals surface area contributed by atoms with Crippen molar-refractivity contribution in [3.8, 4) is 0 Å². The summed E-state index contributed by atoms with van der Waals surface area (Å²) >= 11 is 11.7. The third-order valence-electron chi connectivity index (χ3n) is 3.17. The van der Waals surface area contributed by atoms with Gasteiger partial charge in [-0.15, -0.1) is 0 Å². The maximum atomic E-state index is 14.7. The second kappa shape index (κ2) is 4.52. The lowest BCUT2D eigenvalue weighted by Crippen LogP contribution is -2.36. The topological polar surface area (TPSA) is 26.0 Å². The maximum absolute atomic E-state index is 14.7. The lowest BCUT2D eigenvalue weighted by Gasteiger charge is -2.33. The first-order valence-electron chi connectivity index (χ1n) is 5.41. The van der Waals surface area contributed by atoms with Crippen molar-refractivity contribution >= 4 is 23.2 Å². The Labute approximate surface area is 105 Å². The molecule has 1 aliphatic carbocycles. The summed E-state index contributed by atoms with van der Waals surface area (Å²) in [7, 11) is 0. The van der Waals surface area contributed by atoms with Crippen LogP contribution in [-0.2, 0) is 5.67 Å². The van der Waals surface area contributed by atoms with E-state index in [-0.39, 0.29) is 6.04 Å². The Morgan fingerprint density at radius 1 is 1.31 bits per heavy atom. The van der Waals surface area contributed by atoms with Crippen molar-refractivity contribution in [2.24, 2.45) is 5.73 Å². The van der Waals surface area contributed by atoms with Crippen LogP contribution in [0.3, 0.4) is 0 Å². The highest BCUT2D eigenvalue weighted by Gasteiger charge is 2.37. The predicted molar refractivity (Wildman–Crippen MR) is 65.7 cm³/mol. The molecule has 2 N–H and O–H groups in total. The fourth-order valence-electron chi connectivity index (χ4n) is 2.30. The standard InChI is InChI=1S/C12H14Cl2FN/c13-10-4-3-8(6-11(10)14)12(15)5-1-2-9(16)7-12/h3-4,6,9H,1-2,5,7,16H2. The van der Waals surface area contributed by atoms with Crippen LogP contribution in [0.1, 0.15) is 31.2 Å². The molecule has 2 unspecified atom stereocenters. The molecular formula is C12H14Cl2FN. The minimum absolute atomic E-state index is 0.0618. The van der Waals surface area contributed by atoms with Crippen molar-refractivity contribution in [3.63, 3.8) is 0 Å². The molecule has 2 rings (SSSR count). The van der Waals surface area contributed by atoms with E-state index in [2.05, 4.69) is 0 Å². The molecule has 0 aliphatic heterocycles. The lowest BCUT2D eigenvalue weighted by molar-refractivity contribution is 0.0948. The molecule has 0 radical (unpaired) electrons. The minimum atomic E-state index is -1.34. The number of alkyl halides is 1. The maximum Gasteiger partial charge on any atom is 0.137 e. The van der Waals surface area contributed by atoms with Crippen molar-refractivity contribution < 1.29 is 4.39 Å². The van der Waals surface area contributed by atoms with E-state index < -0.39 is 5.67 Å². The molecule has 1 saturated carbocycles. The van der Waals surface area contributed by atoms with E-state index in [1.807, 2.05) is 0 Å². The summed E-state index contributed by atoms with van der Waals surface area (Å²) in [6, 6.07) is 4.89. The van der Waals surface area contributed by atoms with Crippen LogP contribution in [-0.4, -0.2) is 6.04 Å². The van der Waals surface area contributed by atoms with Gasteiger partial charge in [0.2, 0.25) is 0 Å². The molecule has 1 fully saturated rings. The summed E-state index contributed by atoms with van der Waals surface area (Å²) in [5.74, 6) is 0. The minimum Gasteiger partial charge on any atom is -0.328 e. The van der Waals surface area contributed by atoms with E-state index in [0.29, 0.717) is 28.5 Å². The van der Waals surface area contributed by atoms with Crippen molar-refractivity contribution in [1.29, 1.82) is 0 Å². The van der Waals surface area contributed by atoms with Crippen LogP contribution >= 0.6 is 23.2 Å². The fourth-order valence-corrected chi connectivity index (χ4v) is 2.60. The van der Waals surface area contributed by atoms with Gasteiger partial charge in [-0.2, -0.15) is 0 Å². The largest absolute Gasteiger partial charge is 0.328 e. The average Bonchev–Trinajstić information content (AvgIpc) is 2.21. The summed E-state index contributed by atoms with van der Waals surface area (Å²) < 4.78 is 14.7. The average molecular weight is 262 g/mol. The molecule has 88 valence electrons. The SMILES string of the molecule is NC1CCCC(F)(c2ccc(Cl)c(Cl)c2)C1. The van der Waals surface area contributed by atoms with Gasteiger partial charge in [0.15, 0.2) is 0 Å². The quantitative estimate of drug-likeness (QED) is 0.811. The van der Waals surface area contributed by atoms with Gasteiger partial charge in [0.25, 0.3) is 0 Å². The van der Waals surface area contributed by atoms with Crippen LogP contribution in [0.5, 0.6) is 0 Å². The van der Waals surface area contributed by atoms with Crippen molar-refractivity contribution in [3.05, 3.63) is 33.8 Å². The van der Waals surface area contributed by atoms with Crippen LogP contribution in [0, 0.1) is 0 Å². The molecule has 0 bridgehead atoms. The zero-order valence-corrected chi connectivity index (χ0v) is 10.4. The molecule has 1 aliphatic rings. The molecule has 4 heteroatoms. The number of halogens is 3. The van der Waals surface area contributed by atoms with Gasteiger partial charge >= 0.3 is 0 Å². The monoisotopic (exact) mass is 261 g/mol. The van der Waals surface area contributed by atoms with Crippen LogP contribution in [0.25, 0.3) is 0 Å². The van der Waals surface area contributed by atoms with E-state index in [1.165, 1.54) is 0 Å². The number of rotatable bonds is 1. The Kier molecular flexibility index (Phi) is 3.43. The van der Waals surface area contributed by atoms with Gasteiger partial charge in [0.05, 0.1) is 10.0 Å². The lowest BCUT2D eigenvalue weighted by atomic mass is 9.79. The van der Waals surface area contributed by atoms with Gasteiger partial charge < -0.3 is 5.73 Å². The second-order valence-corrected chi connectivity index (χ2v) is 5.27. The molecule has 1 aromatic carbocycles. The summed E-state index contributed by atoms with van der Waals surface area (Å²) in [5.41, 5.74) is 5.07. The molecule has 1 nitrogen and oxygen atoms in total. The zero-order chi connectivity index (χ0) is 11.8. The molecule has 2 atom stereocenters. The van der Waals surface area contributed by atoms with Crippen LogP contribution in [0.4, 0.5) is 4.39 Å². The van der Waals surface area contributed by atoms with Crippen LogP contribution in [0.15, 0.2) is 18.2 Å². The Hall–Kier alpha value is -0.310. The van der Waals surface area contributed by atoms with E-state index >= 15 is 0 Å². The molecule has 0 amide bonds. The highest BCUT2D eigenvalue weighted by molar-refractivity contribution is 6.42. The van der Waals surface area contributed by atoms with E-state index in [4.69, 9.17) is 28.9 Å². The Morgan fingerprint density at radius 3 is 2.69 bits per heavy atom. The molecule has 0 heterocycles. The highest BCUT2D eigenvalue weighted by atomic mass is 35.5. The fraction of sp³-hybridized carbons (Fsp3) is 0.500. The Balaban J connectivity index is 2.31. The predicted octanol–water partition coefficient (Wildman–Crippen LogP) is 4.06. The Bertz CT molecular complexity index is 397. The zero-order valence-electron chi connectivity index (χ0n) is 8.85. The van der Waals surface area contributed by atoms with Crippen molar-refractivity contribution in [2.45, 2.75) is 37.4 Å². The Morgan fingerprint density at radius 2 is 2.06 bits per heavy atom. The first kappa shape index (κ1) is 12.2. The second-order valence-electron chi connectivity index (χ2n) is 4.45. The van der Waals surface area contributed by atoms with Crippen molar-refractivity contribution in [1.82, 2.24) is 0 Å². The number of hydrogen-bond donors (Lipinski definition) is 1. The van der Waals surface area contributed by atoms with Gasteiger partial charge in [0.1, 0.15) is 5.67 Å². The smallest absolute Gasteiger partial charge is 0.137 e. The summed E-state index contributed by atoms with van der Waals surface area (Å²) in [5, 5.41) is 0.851. The molecule has 16 heavy (non-hydrogen) atoms. The molecule has 0 saturated heterocycles. The molecule has 0 spiro atoms. The van der Waals surface area contributed by atoms with Gasteiger partial charge in [-0.05, 0) is 37.0 Å². The summed E-state index contributed by atoms with van der Waals surface area (Å²) in [6.07, 6.45) is 2.59. The van der Waals surface area contributed by atoms with Crippen LogP contribution < -0.4 is 5.73 Å². The molecule has 1 aromatic rings.